The standard InChI is InChI=1S/C33H31N5O4/c34-33(42)37(18-17-21-7-3-1-4-8-21)31(39)27-15-11-22-19-23(12-14-26(22)35-27)30-36-28-20-24(32(40)41)13-16-29(28)38(30)25-9-5-2-6-10-25/h1,3-4,7-8,11-16,19-20,25H,2,5-6,9-10,17-18H2,(H2,34,42)(H,40,41). The molecule has 1 aliphatic rings. The van der Waals surface area contributed by atoms with Gasteiger partial charge in [0.05, 0.1) is 22.1 Å². The van der Waals surface area contributed by atoms with Crippen molar-refractivity contribution >= 4 is 39.8 Å². The molecule has 0 bridgehead atoms. The van der Waals surface area contributed by atoms with Gasteiger partial charge in [-0.15, -0.1) is 0 Å². The predicted octanol–water partition coefficient (Wildman–Crippen LogP) is 6.22. The molecule has 9 nitrogen and oxygen atoms in total. The number of nitrogens with two attached hydrogens (primary N) is 1. The zero-order valence-corrected chi connectivity index (χ0v) is 23.1. The van der Waals surface area contributed by atoms with Gasteiger partial charge >= 0.3 is 12.0 Å². The minimum atomic E-state index is -0.984. The lowest BCUT2D eigenvalue weighted by atomic mass is 9.94. The number of carbonyl (C=O) groups excluding carboxylic acids is 2. The molecule has 0 aliphatic heterocycles. The zero-order chi connectivity index (χ0) is 29.2. The molecule has 0 spiro atoms. The highest BCUT2D eigenvalue weighted by atomic mass is 16.4. The highest BCUT2D eigenvalue weighted by molar-refractivity contribution is 6.04. The highest BCUT2D eigenvalue weighted by Gasteiger charge is 2.24. The zero-order valence-electron chi connectivity index (χ0n) is 23.1. The Bertz CT molecular complexity index is 1810. The average molecular weight is 562 g/mol. The fraction of sp³-hybridized carbons (Fsp3) is 0.242. The van der Waals surface area contributed by atoms with Crippen molar-refractivity contribution in [1.82, 2.24) is 19.4 Å². The Morgan fingerprint density at radius 2 is 1.67 bits per heavy atom. The predicted molar refractivity (Wildman–Crippen MR) is 160 cm³/mol. The summed E-state index contributed by atoms with van der Waals surface area (Å²) < 4.78 is 2.25. The lowest BCUT2D eigenvalue weighted by molar-refractivity contribution is 0.0696. The first-order valence-corrected chi connectivity index (χ1v) is 14.2. The molecular weight excluding hydrogens is 530 g/mol. The summed E-state index contributed by atoms with van der Waals surface area (Å²) >= 11 is 0. The van der Waals surface area contributed by atoms with E-state index < -0.39 is 17.9 Å². The third-order valence-electron chi connectivity index (χ3n) is 8.02. The van der Waals surface area contributed by atoms with E-state index in [9.17, 15) is 19.5 Å². The van der Waals surface area contributed by atoms with Crippen molar-refractivity contribution in [3.63, 3.8) is 0 Å². The molecule has 2 heterocycles. The third-order valence-corrected chi connectivity index (χ3v) is 8.02. The van der Waals surface area contributed by atoms with Gasteiger partial charge in [0.1, 0.15) is 11.5 Å². The number of urea groups is 1. The second-order valence-corrected chi connectivity index (χ2v) is 10.7. The van der Waals surface area contributed by atoms with Crippen LogP contribution in [0.3, 0.4) is 0 Å². The molecule has 0 saturated heterocycles. The van der Waals surface area contributed by atoms with Gasteiger partial charge in [-0.1, -0.05) is 55.7 Å². The molecule has 1 fully saturated rings. The van der Waals surface area contributed by atoms with Gasteiger partial charge in [0, 0.05) is 23.5 Å². The summed E-state index contributed by atoms with van der Waals surface area (Å²) in [4.78, 5) is 47.5. The number of carboxylic acid groups (broad SMARTS) is 1. The van der Waals surface area contributed by atoms with Crippen molar-refractivity contribution in [3.05, 3.63) is 95.7 Å². The van der Waals surface area contributed by atoms with Gasteiger partial charge in [0.2, 0.25) is 0 Å². The molecule has 0 atom stereocenters. The van der Waals surface area contributed by atoms with Crippen LogP contribution in [0.5, 0.6) is 0 Å². The van der Waals surface area contributed by atoms with Gasteiger partial charge in [-0.05, 0) is 67.3 Å². The second kappa shape index (κ2) is 11.4. The largest absolute Gasteiger partial charge is 0.478 e. The third kappa shape index (κ3) is 5.33. The number of imidazole rings is 1. The molecule has 3 aromatic carbocycles. The first-order chi connectivity index (χ1) is 20.4. The molecule has 0 unspecified atom stereocenters. The summed E-state index contributed by atoms with van der Waals surface area (Å²) in [5, 5.41) is 10.3. The van der Waals surface area contributed by atoms with Crippen LogP contribution in [-0.4, -0.2) is 49.0 Å². The van der Waals surface area contributed by atoms with Crippen LogP contribution in [0.2, 0.25) is 0 Å². The van der Waals surface area contributed by atoms with Crippen molar-refractivity contribution < 1.29 is 19.5 Å². The number of hydrogen-bond donors (Lipinski definition) is 2. The second-order valence-electron chi connectivity index (χ2n) is 10.7. The lowest BCUT2D eigenvalue weighted by Gasteiger charge is -2.25. The van der Waals surface area contributed by atoms with Crippen LogP contribution in [0.1, 0.15) is 64.6 Å². The van der Waals surface area contributed by atoms with Crippen molar-refractivity contribution in [2.75, 3.05) is 6.54 Å². The number of benzene rings is 3. The van der Waals surface area contributed by atoms with E-state index in [1.54, 1.807) is 18.2 Å². The number of carbonyl (C=O) groups is 3. The van der Waals surface area contributed by atoms with Crippen LogP contribution in [-0.2, 0) is 6.42 Å². The van der Waals surface area contributed by atoms with E-state index in [0.717, 1.165) is 58.4 Å². The first kappa shape index (κ1) is 27.1. The Morgan fingerprint density at radius 3 is 2.40 bits per heavy atom. The highest BCUT2D eigenvalue weighted by Crippen LogP contribution is 2.37. The Hall–Kier alpha value is -5.05. The number of nitrogens with zero attached hydrogens (tertiary/aromatic N) is 4. The van der Waals surface area contributed by atoms with E-state index in [2.05, 4.69) is 9.55 Å². The number of amides is 3. The first-order valence-electron chi connectivity index (χ1n) is 14.2. The molecule has 6 rings (SSSR count). The van der Waals surface area contributed by atoms with Crippen LogP contribution < -0.4 is 5.73 Å². The normalized spacial score (nSPS) is 13.8. The fourth-order valence-electron chi connectivity index (χ4n) is 5.86. The van der Waals surface area contributed by atoms with E-state index in [1.165, 1.54) is 6.42 Å². The van der Waals surface area contributed by atoms with Crippen molar-refractivity contribution in [2.24, 2.45) is 5.73 Å². The number of aromatic nitrogens is 3. The summed E-state index contributed by atoms with van der Waals surface area (Å²) in [6, 6.07) is 23.3. The summed E-state index contributed by atoms with van der Waals surface area (Å²) in [5.74, 6) is -0.747. The molecule has 42 heavy (non-hydrogen) atoms. The fourth-order valence-corrected chi connectivity index (χ4v) is 5.86. The lowest BCUT2D eigenvalue weighted by Crippen LogP contribution is -2.42. The minimum absolute atomic E-state index is 0.137. The van der Waals surface area contributed by atoms with Crippen LogP contribution in [0.25, 0.3) is 33.3 Å². The molecule has 1 aliphatic carbocycles. The van der Waals surface area contributed by atoms with Gasteiger partial charge in [0.25, 0.3) is 5.91 Å². The molecular formula is C33H31N5O4. The summed E-state index contributed by atoms with van der Waals surface area (Å²) in [6.07, 6.45) is 6.07. The molecule has 5 aromatic rings. The Morgan fingerprint density at radius 1 is 0.881 bits per heavy atom. The average Bonchev–Trinajstić information content (AvgIpc) is 3.40. The SMILES string of the molecule is NC(=O)N(CCc1ccccc1)C(=O)c1ccc2cc(-c3nc4cc(C(=O)O)ccc4n3C3CCCCC3)ccc2n1. The van der Waals surface area contributed by atoms with Gasteiger partial charge in [-0.25, -0.2) is 19.6 Å². The maximum Gasteiger partial charge on any atom is 0.335 e. The number of imide groups is 1. The smallest absolute Gasteiger partial charge is 0.335 e. The van der Waals surface area contributed by atoms with Crippen molar-refractivity contribution in [1.29, 1.82) is 0 Å². The molecule has 2 aromatic heterocycles. The molecule has 3 N–H and O–H groups in total. The van der Waals surface area contributed by atoms with Crippen LogP contribution in [0, 0.1) is 0 Å². The van der Waals surface area contributed by atoms with Crippen LogP contribution in [0.4, 0.5) is 4.79 Å². The van der Waals surface area contributed by atoms with Gasteiger partial charge in [0.15, 0.2) is 0 Å². The van der Waals surface area contributed by atoms with E-state index in [1.807, 2.05) is 60.7 Å². The summed E-state index contributed by atoms with van der Waals surface area (Å²) in [5.41, 5.74) is 9.95. The number of rotatable bonds is 7. The maximum absolute atomic E-state index is 13.2. The van der Waals surface area contributed by atoms with Crippen LogP contribution >= 0.6 is 0 Å². The van der Waals surface area contributed by atoms with Gasteiger partial charge in [-0.2, -0.15) is 0 Å². The van der Waals surface area contributed by atoms with E-state index in [0.29, 0.717) is 17.5 Å². The topological polar surface area (TPSA) is 131 Å². The number of hydrogen-bond acceptors (Lipinski definition) is 5. The number of carboxylic acids is 1. The summed E-state index contributed by atoms with van der Waals surface area (Å²) in [6.45, 7) is 0.151. The number of pyridine rings is 1. The molecule has 0 radical (unpaired) electrons. The van der Waals surface area contributed by atoms with Crippen molar-refractivity contribution in [2.45, 2.75) is 44.6 Å². The van der Waals surface area contributed by atoms with E-state index in [4.69, 9.17) is 10.7 Å². The summed E-state index contributed by atoms with van der Waals surface area (Å²) in [7, 11) is 0. The van der Waals surface area contributed by atoms with Gasteiger partial charge in [-0.3, -0.25) is 9.69 Å². The number of primary amides is 1. The molecule has 1 saturated carbocycles. The number of aromatic carboxylic acids is 1. The quantitative estimate of drug-likeness (QED) is 0.243. The van der Waals surface area contributed by atoms with E-state index >= 15 is 0 Å². The Kier molecular flexibility index (Phi) is 7.39. The van der Waals surface area contributed by atoms with E-state index in [-0.39, 0.29) is 23.8 Å². The molecule has 9 heteroatoms. The Labute approximate surface area is 242 Å². The maximum atomic E-state index is 13.2. The monoisotopic (exact) mass is 561 g/mol. The molecule has 212 valence electrons. The van der Waals surface area contributed by atoms with Gasteiger partial charge < -0.3 is 15.4 Å². The van der Waals surface area contributed by atoms with Crippen molar-refractivity contribution in [3.8, 4) is 11.4 Å². The Balaban J connectivity index is 1.33. The number of fused-ring (bicyclic) bond motifs is 2. The van der Waals surface area contributed by atoms with Crippen LogP contribution in [0.15, 0.2) is 78.9 Å². The minimum Gasteiger partial charge on any atom is -0.478 e. The molecule has 3 amide bonds.